The summed E-state index contributed by atoms with van der Waals surface area (Å²) in [7, 11) is 0. The van der Waals surface area contributed by atoms with Gasteiger partial charge in [0.2, 0.25) is 0 Å². The molecule has 2 rings (SSSR count). The molecule has 0 amide bonds. The first-order valence-corrected chi connectivity index (χ1v) is 6.77. The van der Waals surface area contributed by atoms with Gasteiger partial charge in [-0.2, -0.15) is 0 Å². The van der Waals surface area contributed by atoms with Gasteiger partial charge in [0, 0.05) is 10.0 Å². The van der Waals surface area contributed by atoms with E-state index in [9.17, 15) is 4.39 Å². The van der Waals surface area contributed by atoms with E-state index in [0.717, 1.165) is 21.6 Å². The lowest BCUT2D eigenvalue weighted by Crippen LogP contribution is -2.30. The van der Waals surface area contributed by atoms with Gasteiger partial charge >= 0.3 is 0 Å². The van der Waals surface area contributed by atoms with Crippen LogP contribution in [0.1, 0.15) is 28.7 Å². The number of rotatable bonds is 4. The van der Waals surface area contributed by atoms with E-state index in [2.05, 4.69) is 21.4 Å². The predicted octanol–water partition coefficient (Wildman–Crippen LogP) is 3.55. The maximum atomic E-state index is 13.8. The topological polar surface area (TPSA) is 51.2 Å². The van der Waals surface area contributed by atoms with Crippen LogP contribution in [0.3, 0.4) is 0 Å². The van der Waals surface area contributed by atoms with Crippen LogP contribution in [0.2, 0.25) is 0 Å². The zero-order chi connectivity index (χ0) is 14.0. The van der Waals surface area contributed by atoms with Crippen molar-refractivity contribution in [3.05, 3.63) is 57.2 Å². The third-order valence-electron chi connectivity index (χ3n) is 3.09. The number of furan rings is 1. The molecule has 0 aliphatic carbocycles. The average molecular weight is 327 g/mol. The summed E-state index contributed by atoms with van der Waals surface area (Å²) in [6.45, 7) is 3.76. The Balaban J connectivity index is 2.29. The Morgan fingerprint density at radius 2 is 2.11 bits per heavy atom. The Morgan fingerprint density at radius 1 is 1.37 bits per heavy atom. The molecule has 1 atom stereocenters. The summed E-state index contributed by atoms with van der Waals surface area (Å²) in [5.41, 5.74) is 4.29. The molecule has 0 saturated carbocycles. The number of halogens is 2. The van der Waals surface area contributed by atoms with Gasteiger partial charge in [0.15, 0.2) is 0 Å². The molecular formula is C14H16BrFN2O. The SMILES string of the molecule is Cc1cc(C(Cc2cc(Br)ccc2F)NN)c(C)o1. The van der Waals surface area contributed by atoms with Gasteiger partial charge in [0.05, 0.1) is 6.04 Å². The molecule has 0 aliphatic rings. The highest BCUT2D eigenvalue weighted by molar-refractivity contribution is 9.10. The van der Waals surface area contributed by atoms with Gasteiger partial charge in [0.25, 0.3) is 0 Å². The Hall–Kier alpha value is -1.17. The fourth-order valence-corrected chi connectivity index (χ4v) is 2.58. The largest absolute Gasteiger partial charge is 0.466 e. The highest BCUT2D eigenvalue weighted by Crippen LogP contribution is 2.26. The zero-order valence-corrected chi connectivity index (χ0v) is 12.4. The fraction of sp³-hybridized carbons (Fsp3) is 0.286. The van der Waals surface area contributed by atoms with Crippen LogP contribution in [-0.4, -0.2) is 0 Å². The number of benzene rings is 1. The van der Waals surface area contributed by atoms with E-state index in [-0.39, 0.29) is 11.9 Å². The van der Waals surface area contributed by atoms with Crippen molar-refractivity contribution in [1.29, 1.82) is 0 Å². The molecule has 0 fully saturated rings. The lowest BCUT2D eigenvalue weighted by Gasteiger charge is -2.16. The van der Waals surface area contributed by atoms with Gasteiger partial charge < -0.3 is 4.42 Å². The average Bonchev–Trinajstić information content (AvgIpc) is 2.69. The minimum atomic E-state index is -0.235. The van der Waals surface area contributed by atoms with Gasteiger partial charge in [0.1, 0.15) is 17.3 Å². The van der Waals surface area contributed by atoms with Crippen LogP contribution in [0.15, 0.2) is 33.2 Å². The van der Waals surface area contributed by atoms with Crippen molar-refractivity contribution in [1.82, 2.24) is 5.43 Å². The van der Waals surface area contributed by atoms with E-state index in [4.69, 9.17) is 10.3 Å². The number of aryl methyl sites for hydroxylation is 2. The molecule has 19 heavy (non-hydrogen) atoms. The van der Waals surface area contributed by atoms with Crippen molar-refractivity contribution in [2.75, 3.05) is 0 Å². The summed E-state index contributed by atoms with van der Waals surface area (Å²) in [5, 5.41) is 0. The molecule has 1 heterocycles. The summed E-state index contributed by atoms with van der Waals surface area (Å²) in [4.78, 5) is 0. The van der Waals surface area contributed by atoms with Crippen molar-refractivity contribution in [2.45, 2.75) is 26.3 Å². The van der Waals surface area contributed by atoms with E-state index in [1.165, 1.54) is 6.07 Å². The van der Waals surface area contributed by atoms with Gasteiger partial charge in [-0.3, -0.25) is 11.3 Å². The first kappa shape index (κ1) is 14.2. The molecule has 0 radical (unpaired) electrons. The number of hydrazine groups is 1. The van der Waals surface area contributed by atoms with E-state index in [0.29, 0.717) is 12.0 Å². The minimum absolute atomic E-state index is 0.179. The molecule has 1 unspecified atom stereocenters. The van der Waals surface area contributed by atoms with Crippen molar-refractivity contribution in [3.8, 4) is 0 Å². The van der Waals surface area contributed by atoms with Crippen molar-refractivity contribution < 1.29 is 8.81 Å². The van der Waals surface area contributed by atoms with Crippen LogP contribution in [0.5, 0.6) is 0 Å². The molecule has 102 valence electrons. The monoisotopic (exact) mass is 326 g/mol. The summed E-state index contributed by atoms with van der Waals surface area (Å²) in [5.74, 6) is 6.98. The minimum Gasteiger partial charge on any atom is -0.466 e. The number of hydrogen-bond acceptors (Lipinski definition) is 3. The maximum Gasteiger partial charge on any atom is 0.126 e. The van der Waals surface area contributed by atoms with Crippen LogP contribution < -0.4 is 11.3 Å². The molecule has 3 N–H and O–H groups in total. The zero-order valence-electron chi connectivity index (χ0n) is 10.8. The molecule has 3 nitrogen and oxygen atoms in total. The van der Waals surface area contributed by atoms with Crippen molar-refractivity contribution in [3.63, 3.8) is 0 Å². The molecule has 1 aromatic carbocycles. The summed E-state index contributed by atoms with van der Waals surface area (Å²) >= 11 is 3.35. The normalized spacial score (nSPS) is 12.7. The molecule has 1 aromatic heterocycles. The first-order chi connectivity index (χ1) is 9.01. The lowest BCUT2D eigenvalue weighted by molar-refractivity contribution is 0.481. The number of hydrogen-bond donors (Lipinski definition) is 2. The molecule has 0 aliphatic heterocycles. The van der Waals surface area contributed by atoms with E-state index in [1.54, 1.807) is 12.1 Å². The summed E-state index contributed by atoms with van der Waals surface area (Å²) < 4.78 is 20.1. The van der Waals surface area contributed by atoms with Crippen molar-refractivity contribution >= 4 is 15.9 Å². The third-order valence-corrected chi connectivity index (χ3v) is 3.58. The second-order valence-corrected chi connectivity index (χ2v) is 5.44. The van der Waals surface area contributed by atoms with Crippen LogP contribution in [0, 0.1) is 19.7 Å². The van der Waals surface area contributed by atoms with E-state index in [1.807, 2.05) is 19.9 Å². The standard InChI is InChI=1S/C14H16BrFN2O/c1-8-5-12(9(2)19-8)14(18-17)7-10-6-11(15)3-4-13(10)16/h3-6,14,18H,7,17H2,1-2H3. The highest BCUT2D eigenvalue weighted by atomic mass is 79.9. The fourth-order valence-electron chi connectivity index (χ4n) is 2.17. The summed E-state index contributed by atoms with van der Waals surface area (Å²) in [6, 6.07) is 6.64. The molecule has 0 bridgehead atoms. The Bertz CT molecular complexity index is 583. The van der Waals surface area contributed by atoms with Gasteiger partial charge in [-0.1, -0.05) is 15.9 Å². The first-order valence-electron chi connectivity index (χ1n) is 5.98. The Morgan fingerprint density at radius 3 is 2.68 bits per heavy atom. The maximum absolute atomic E-state index is 13.8. The van der Waals surface area contributed by atoms with Gasteiger partial charge in [-0.25, -0.2) is 4.39 Å². The van der Waals surface area contributed by atoms with Crippen molar-refractivity contribution in [2.24, 2.45) is 5.84 Å². The summed E-state index contributed by atoms with van der Waals surface area (Å²) in [6.07, 6.45) is 0.460. The number of nitrogens with one attached hydrogen (secondary N) is 1. The van der Waals surface area contributed by atoms with Crippen LogP contribution in [-0.2, 0) is 6.42 Å². The van der Waals surface area contributed by atoms with Crippen LogP contribution in [0.4, 0.5) is 4.39 Å². The highest BCUT2D eigenvalue weighted by Gasteiger charge is 2.18. The molecular weight excluding hydrogens is 311 g/mol. The van der Waals surface area contributed by atoms with E-state index >= 15 is 0 Å². The molecule has 2 aromatic rings. The molecule has 5 heteroatoms. The Kier molecular flexibility index (Phi) is 4.39. The van der Waals surface area contributed by atoms with E-state index < -0.39 is 0 Å². The lowest BCUT2D eigenvalue weighted by atomic mass is 9.99. The Labute approximate surface area is 120 Å². The molecule has 0 spiro atoms. The smallest absolute Gasteiger partial charge is 0.126 e. The second kappa shape index (κ2) is 5.86. The van der Waals surface area contributed by atoms with Crippen LogP contribution in [0.25, 0.3) is 0 Å². The molecule has 0 saturated heterocycles. The predicted molar refractivity (Wildman–Crippen MR) is 76.1 cm³/mol. The number of nitrogens with two attached hydrogens (primary N) is 1. The second-order valence-electron chi connectivity index (χ2n) is 4.53. The third kappa shape index (κ3) is 3.23. The van der Waals surface area contributed by atoms with Gasteiger partial charge in [-0.05, 0) is 50.1 Å². The van der Waals surface area contributed by atoms with Gasteiger partial charge in [-0.15, -0.1) is 0 Å². The van der Waals surface area contributed by atoms with Crippen LogP contribution >= 0.6 is 15.9 Å². The quantitative estimate of drug-likeness (QED) is 0.667.